The largest absolute Gasteiger partial charge is 0.469 e. The average Bonchev–Trinajstić information content (AvgIpc) is 3.37. The van der Waals surface area contributed by atoms with E-state index in [1.165, 1.54) is 18.3 Å². The molecule has 46 heavy (non-hydrogen) atoms. The first-order valence-corrected chi connectivity index (χ1v) is 13.3. The SMILES string of the molecule is Cn1ncc2cc(Oc3ccc(NC(=O)c4ccc(OCC(F)(F)F)n(-c5ccc(F)cc5)c4=O)cc3F)c(/C(C=N)=C/N)cc21. The first kappa shape index (κ1) is 31.4. The smallest absolute Gasteiger partial charge is 0.422 e. The lowest BCUT2D eigenvalue weighted by molar-refractivity contribution is -0.154. The Morgan fingerprint density at radius 1 is 1.02 bits per heavy atom. The number of nitrogens with one attached hydrogen (secondary N) is 2. The normalized spacial score (nSPS) is 11.8. The summed E-state index contributed by atoms with van der Waals surface area (Å²) in [6.07, 6.45) is -0.934. The second-order valence-corrected chi connectivity index (χ2v) is 9.75. The Hall–Kier alpha value is -5.99. The molecule has 0 aliphatic heterocycles. The zero-order valence-corrected chi connectivity index (χ0v) is 23.7. The van der Waals surface area contributed by atoms with Gasteiger partial charge in [-0.2, -0.15) is 18.3 Å². The molecule has 0 aliphatic carbocycles. The number of nitrogens with zero attached hydrogens (tertiary/aromatic N) is 3. The van der Waals surface area contributed by atoms with Gasteiger partial charge in [0, 0.05) is 47.7 Å². The van der Waals surface area contributed by atoms with E-state index in [-0.39, 0.29) is 22.9 Å². The maximum atomic E-state index is 15.3. The average molecular weight is 639 g/mol. The van der Waals surface area contributed by atoms with E-state index in [1.54, 1.807) is 30.1 Å². The Balaban J connectivity index is 1.43. The number of hydrogen-bond acceptors (Lipinski definition) is 7. The number of halogens is 5. The molecule has 0 saturated carbocycles. The number of hydrogen-bond donors (Lipinski definition) is 3. The van der Waals surface area contributed by atoms with Crippen molar-refractivity contribution in [1.82, 2.24) is 14.3 Å². The van der Waals surface area contributed by atoms with Crippen LogP contribution in [0.2, 0.25) is 0 Å². The summed E-state index contributed by atoms with van der Waals surface area (Å²) < 4.78 is 80.2. The van der Waals surface area contributed by atoms with E-state index in [4.69, 9.17) is 20.6 Å². The summed E-state index contributed by atoms with van der Waals surface area (Å²) in [5.74, 6) is -3.19. The molecular formula is C31H23F5N6O4. The number of allylic oxidation sites excluding steroid dienone is 1. The van der Waals surface area contributed by atoms with Crippen molar-refractivity contribution in [3.05, 3.63) is 112 Å². The van der Waals surface area contributed by atoms with E-state index in [0.29, 0.717) is 26.6 Å². The maximum Gasteiger partial charge on any atom is 0.422 e. The van der Waals surface area contributed by atoms with Crippen LogP contribution in [0.15, 0.2) is 83.9 Å². The fourth-order valence-corrected chi connectivity index (χ4v) is 4.48. The predicted molar refractivity (Wildman–Crippen MR) is 160 cm³/mol. The molecule has 0 fully saturated rings. The van der Waals surface area contributed by atoms with Crippen LogP contribution >= 0.6 is 0 Å². The van der Waals surface area contributed by atoms with Gasteiger partial charge in [0.2, 0.25) is 5.88 Å². The third-order valence-electron chi connectivity index (χ3n) is 6.66. The van der Waals surface area contributed by atoms with Gasteiger partial charge < -0.3 is 25.9 Å². The lowest BCUT2D eigenvalue weighted by atomic mass is 10.0. The van der Waals surface area contributed by atoms with Crippen LogP contribution in [-0.2, 0) is 7.05 Å². The van der Waals surface area contributed by atoms with E-state index >= 15 is 4.39 Å². The van der Waals surface area contributed by atoms with Gasteiger partial charge in [0.15, 0.2) is 18.2 Å². The van der Waals surface area contributed by atoms with Gasteiger partial charge in [-0.15, -0.1) is 0 Å². The standard InChI is InChI=1S/C31H23F5N6O4/c1-41-25-12-23(18(13-37)14-38)27(10-17(25)15-39-41)46-26-8-4-20(11-24(26)33)40-29(43)22-7-9-28(45-16-31(34,35)36)42(30(22)44)21-5-2-19(32)3-6-21/h2-15,37H,16,38H2,1H3,(H,40,43)/b18-14+,37-13?. The number of pyridine rings is 1. The summed E-state index contributed by atoms with van der Waals surface area (Å²) in [5, 5.41) is 14.9. The molecule has 0 atom stereocenters. The van der Waals surface area contributed by atoms with E-state index < -0.39 is 47.3 Å². The Labute approximate surface area is 256 Å². The summed E-state index contributed by atoms with van der Waals surface area (Å²) in [6.45, 7) is -1.73. The molecule has 0 spiro atoms. The summed E-state index contributed by atoms with van der Waals surface area (Å²) in [6, 6.07) is 12.9. The number of nitrogens with two attached hydrogens (primary N) is 1. The molecular weight excluding hydrogens is 615 g/mol. The Kier molecular flexibility index (Phi) is 8.58. The molecule has 15 heteroatoms. The van der Waals surface area contributed by atoms with Crippen molar-refractivity contribution >= 4 is 34.3 Å². The van der Waals surface area contributed by atoms with Crippen LogP contribution in [-0.4, -0.2) is 39.3 Å². The molecule has 5 rings (SSSR count). The number of fused-ring (bicyclic) bond motifs is 1. The van der Waals surface area contributed by atoms with Crippen LogP contribution in [0, 0.1) is 17.0 Å². The Morgan fingerprint density at radius 2 is 1.76 bits per heavy atom. The van der Waals surface area contributed by atoms with Crippen LogP contribution in [0.4, 0.5) is 27.6 Å². The van der Waals surface area contributed by atoms with E-state index in [1.807, 2.05) is 0 Å². The lowest BCUT2D eigenvalue weighted by Crippen LogP contribution is -2.30. The minimum absolute atomic E-state index is 0.0646. The molecule has 1 amide bonds. The summed E-state index contributed by atoms with van der Waals surface area (Å²) in [5.41, 5.74) is 5.34. The molecule has 0 aliphatic rings. The summed E-state index contributed by atoms with van der Waals surface area (Å²) >= 11 is 0. The quantitative estimate of drug-likeness (QED) is 0.135. The molecule has 3 aromatic carbocycles. The predicted octanol–water partition coefficient (Wildman–Crippen LogP) is 5.94. The van der Waals surface area contributed by atoms with Gasteiger partial charge in [-0.25, -0.2) is 13.3 Å². The van der Waals surface area contributed by atoms with Gasteiger partial charge in [-0.1, -0.05) is 0 Å². The molecule has 2 heterocycles. The highest BCUT2D eigenvalue weighted by molar-refractivity contribution is 6.10. The van der Waals surface area contributed by atoms with E-state index in [0.717, 1.165) is 48.7 Å². The highest BCUT2D eigenvalue weighted by Crippen LogP contribution is 2.35. The van der Waals surface area contributed by atoms with E-state index in [2.05, 4.69) is 10.4 Å². The zero-order chi connectivity index (χ0) is 33.2. The maximum absolute atomic E-state index is 15.3. The van der Waals surface area contributed by atoms with Gasteiger partial charge >= 0.3 is 6.18 Å². The summed E-state index contributed by atoms with van der Waals surface area (Å²) in [4.78, 5) is 26.4. The third-order valence-corrected chi connectivity index (χ3v) is 6.66. The highest BCUT2D eigenvalue weighted by Gasteiger charge is 2.29. The second-order valence-electron chi connectivity index (χ2n) is 9.75. The van der Waals surface area contributed by atoms with Crippen LogP contribution < -0.4 is 26.1 Å². The minimum Gasteiger partial charge on any atom is -0.469 e. The van der Waals surface area contributed by atoms with Crippen LogP contribution in [0.3, 0.4) is 0 Å². The highest BCUT2D eigenvalue weighted by atomic mass is 19.4. The molecule has 0 saturated heterocycles. The Bertz CT molecular complexity index is 2050. The molecule has 0 bridgehead atoms. The number of carbonyl (C=O) groups is 1. The van der Waals surface area contributed by atoms with Gasteiger partial charge in [0.25, 0.3) is 11.5 Å². The van der Waals surface area contributed by atoms with Gasteiger partial charge in [-0.3, -0.25) is 14.3 Å². The van der Waals surface area contributed by atoms with Crippen LogP contribution in [0.1, 0.15) is 15.9 Å². The molecule has 0 radical (unpaired) electrons. The third kappa shape index (κ3) is 6.57. The molecule has 0 unspecified atom stereocenters. The molecule has 4 N–H and O–H groups in total. The first-order chi connectivity index (χ1) is 21.9. The van der Waals surface area contributed by atoms with Crippen molar-refractivity contribution < 1.29 is 36.2 Å². The number of amides is 1. The number of alkyl halides is 3. The number of benzene rings is 3. The fraction of sp³-hybridized carbons (Fsp3) is 0.0968. The molecule has 2 aromatic heterocycles. The summed E-state index contributed by atoms with van der Waals surface area (Å²) in [7, 11) is 1.73. The van der Waals surface area contributed by atoms with Crippen LogP contribution in [0.5, 0.6) is 17.4 Å². The minimum atomic E-state index is -4.73. The van der Waals surface area contributed by atoms with Crippen molar-refractivity contribution in [1.29, 1.82) is 5.41 Å². The van der Waals surface area contributed by atoms with Gasteiger partial charge in [0.05, 0.1) is 17.4 Å². The first-order valence-electron chi connectivity index (χ1n) is 13.3. The second kappa shape index (κ2) is 12.6. The van der Waals surface area contributed by atoms with Crippen LogP contribution in [0.25, 0.3) is 22.2 Å². The van der Waals surface area contributed by atoms with E-state index in [9.17, 15) is 27.2 Å². The van der Waals surface area contributed by atoms with Gasteiger partial charge in [-0.05, 0) is 60.7 Å². The number of aromatic nitrogens is 3. The van der Waals surface area contributed by atoms with Crippen molar-refractivity contribution in [3.63, 3.8) is 0 Å². The number of rotatable bonds is 9. The van der Waals surface area contributed by atoms with Crippen molar-refractivity contribution in [2.45, 2.75) is 6.18 Å². The topological polar surface area (TPSA) is 137 Å². The number of anilines is 1. The van der Waals surface area contributed by atoms with Crippen molar-refractivity contribution in [3.8, 4) is 23.1 Å². The van der Waals surface area contributed by atoms with Crippen molar-refractivity contribution in [2.75, 3.05) is 11.9 Å². The molecule has 5 aromatic rings. The Morgan fingerprint density at radius 3 is 2.41 bits per heavy atom. The fourth-order valence-electron chi connectivity index (χ4n) is 4.48. The lowest BCUT2D eigenvalue weighted by Gasteiger charge is -2.16. The van der Waals surface area contributed by atoms with Crippen molar-refractivity contribution in [2.24, 2.45) is 12.8 Å². The number of carbonyl (C=O) groups excluding carboxylic acids is 1. The monoisotopic (exact) mass is 638 g/mol. The van der Waals surface area contributed by atoms with Gasteiger partial charge in [0.1, 0.15) is 17.1 Å². The molecule has 236 valence electrons. The number of aryl methyl sites for hydroxylation is 1. The zero-order valence-electron chi connectivity index (χ0n) is 23.7. The molecule has 10 nitrogen and oxygen atoms in total. The number of ether oxygens (including phenoxy) is 2.